The summed E-state index contributed by atoms with van der Waals surface area (Å²) < 4.78 is 5.64. The Morgan fingerprint density at radius 2 is 1.96 bits per heavy atom. The molecule has 2 heterocycles. The van der Waals surface area contributed by atoms with E-state index in [2.05, 4.69) is 17.8 Å². The molecule has 0 spiro atoms. The maximum absolute atomic E-state index is 12.1. The van der Waals surface area contributed by atoms with Gasteiger partial charge in [0.25, 0.3) is 11.8 Å². The van der Waals surface area contributed by atoms with E-state index < -0.39 is 0 Å². The van der Waals surface area contributed by atoms with Crippen molar-refractivity contribution in [2.45, 2.75) is 46.3 Å². The van der Waals surface area contributed by atoms with Crippen LogP contribution in [-0.2, 0) is 16.0 Å². The maximum Gasteiger partial charge on any atom is 0.279 e. The molecule has 1 fully saturated rings. The number of thiophene rings is 1. The van der Waals surface area contributed by atoms with Gasteiger partial charge in [0.15, 0.2) is 0 Å². The third-order valence-corrected chi connectivity index (χ3v) is 5.12. The number of hydrogen-bond acceptors (Lipinski definition) is 5. The predicted molar refractivity (Wildman–Crippen MR) is 90.5 cm³/mol. The first-order valence-electron chi connectivity index (χ1n) is 7.95. The Labute approximate surface area is 141 Å². The van der Waals surface area contributed by atoms with Crippen molar-refractivity contribution in [3.63, 3.8) is 0 Å². The molecular weight excluding hydrogens is 314 g/mol. The molecule has 0 bridgehead atoms. The fourth-order valence-electron chi connectivity index (χ4n) is 2.83. The highest BCUT2D eigenvalue weighted by Crippen LogP contribution is 2.21. The van der Waals surface area contributed by atoms with Crippen LogP contribution in [0.1, 0.15) is 40.9 Å². The number of nitrogens with zero attached hydrogens (tertiary/aromatic N) is 1. The number of hydrazine groups is 1. The second kappa shape index (κ2) is 7.90. The van der Waals surface area contributed by atoms with Gasteiger partial charge in [0.1, 0.15) is 0 Å². The number of hydrogen-bond donors (Lipinski definition) is 2. The van der Waals surface area contributed by atoms with Crippen molar-refractivity contribution in [2.75, 3.05) is 19.6 Å². The average Bonchev–Trinajstić information content (AvgIpc) is 2.85. The fraction of sp³-hybridized carbons (Fsp3) is 0.625. The molecule has 1 aromatic rings. The van der Waals surface area contributed by atoms with Gasteiger partial charge in [-0.25, -0.2) is 0 Å². The SMILES string of the molecule is CCc1sc(C(=O)NNC(=O)CN2CC(C)OC(C)C2)cc1C. The van der Waals surface area contributed by atoms with Crippen molar-refractivity contribution in [1.29, 1.82) is 0 Å². The third-order valence-electron chi connectivity index (χ3n) is 3.74. The molecule has 2 N–H and O–H groups in total. The van der Waals surface area contributed by atoms with E-state index in [-0.39, 0.29) is 30.6 Å². The Bertz CT molecular complexity index is 563. The van der Waals surface area contributed by atoms with Gasteiger partial charge in [-0.2, -0.15) is 0 Å². The van der Waals surface area contributed by atoms with Crippen LogP contribution >= 0.6 is 11.3 Å². The van der Waals surface area contributed by atoms with E-state index in [1.807, 2.05) is 31.7 Å². The third kappa shape index (κ3) is 5.02. The summed E-state index contributed by atoms with van der Waals surface area (Å²) in [5.41, 5.74) is 6.10. The molecular formula is C16H25N3O3S. The zero-order valence-electron chi connectivity index (χ0n) is 14.1. The molecule has 1 aliphatic rings. The Morgan fingerprint density at radius 3 is 2.52 bits per heavy atom. The molecule has 2 amide bonds. The van der Waals surface area contributed by atoms with Crippen molar-refractivity contribution >= 4 is 23.2 Å². The highest BCUT2D eigenvalue weighted by Gasteiger charge is 2.23. The molecule has 6 nitrogen and oxygen atoms in total. The minimum absolute atomic E-state index is 0.114. The van der Waals surface area contributed by atoms with Gasteiger partial charge in [-0.1, -0.05) is 6.92 Å². The van der Waals surface area contributed by atoms with Crippen molar-refractivity contribution < 1.29 is 14.3 Å². The van der Waals surface area contributed by atoms with Gasteiger partial charge in [0.2, 0.25) is 0 Å². The largest absolute Gasteiger partial charge is 0.373 e. The molecule has 0 aliphatic carbocycles. The zero-order chi connectivity index (χ0) is 17.0. The van der Waals surface area contributed by atoms with Crippen LogP contribution in [0, 0.1) is 6.92 Å². The number of carbonyl (C=O) groups is 2. The summed E-state index contributed by atoms with van der Waals surface area (Å²) in [6, 6.07) is 1.86. The van der Waals surface area contributed by atoms with E-state index in [4.69, 9.17) is 4.74 Å². The lowest BCUT2D eigenvalue weighted by molar-refractivity contribution is -0.126. The molecule has 0 saturated carbocycles. The number of rotatable bonds is 4. The lowest BCUT2D eigenvalue weighted by Gasteiger charge is -2.34. The van der Waals surface area contributed by atoms with Gasteiger partial charge in [-0.15, -0.1) is 11.3 Å². The summed E-state index contributed by atoms with van der Waals surface area (Å²) in [4.78, 5) is 27.9. The van der Waals surface area contributed by atoms with Crippen LogP contribution < -0.4 is 10.9 Å². The highest BCUT2D eigenvalue weighted by molar-refractivity contribution is 7.14. The Morgan fingerprint density at radius 1 is 1.30 bits per heavy atom. The number of amides is 2. The number of aryl methyl sites for hydroxylation is 2. The lowest BCUT2D eigenvalue weighted by atomic mass is 10.2. The molecule has 0 aromatic carbocycles. The first kappa shape index (κ1) is 17.9. The van der Waals surface area contributed by atoms with Crippen LogP contribution in [-0.4, -0.2) is 48.6 Å². The molecule has 128 valence electrons. The normalized spacial score (nSPS) is 21.9. The number of carbonyl (C=O) groups excluding carboxylic acids is 2. The topological polar surface area (TPSA) is 70.7 Å². The lowest BCUT2D eigenvalue weighted by Crippen LogP contribution is -2.51. The number of ether oxygens (including phenoxy) is 1. The highest BCUT2D eigenvalue weighted by atomic mass is 32.1. The summed E-state index contributed by atoms with van der Waals surface area (Å²) in [6.07, 6.45) is 1.13. The van der Waals surface area contributed by atoms with Gasteiger partial charge >= 0.3 is 0 Å². The van der Waals surface area contributed by atoms with Crippen LogP contribution in [0.4, 0.5) is 0 Å². The Hall–Kier alpha value is -1.44. The summed E-state index contributed by atoms with van der Waals surface area (Å²) >= 11 is 1.47. The van der Waals surface area contributed by atoms with Crippen molar-refractivity contribution in [3.05, 3.63) is 21.4 Å². The van der Waals surface area contributed by atoms with E-state index in [1.54, 1.807) is 0 Å². The molecule has 2 unspecified atom stereocenters. The fourth-order valence-corrected chi connectivity index (χ4v) is 3.84. The van der Waals surface area contributed by atoms with Gasteiger partial charge in [-0.05, 0) is 38.8 Å². The standard InChI is InChI=1S/C16H25N3O3S/c1-5-13-10(2)6-14(23-13)16(21)18-17-15(20)9-19-7-11(3)22-12(4)8-19/h6,11-12H,5,7-9H2,1-4H3,(H,17,20)(H,18,21). The smallest absolute Gasteiger partial charge is 0.279 e. The Balaban J connectivity index is 1.80. The molecule has 1 aliphatic heterocycles. The van der Waals surface area contributed by atoms with E-state index in [9.17, 15) is 9.59 Å². The zero-order valence-corrected chi connectivity index (χ0v) is 15.0. The van der Waals surface area contributed by atoms with Crippen molar-refractivity contribution in [2.24, 2.45) is 0 Å². The Kier molecular flexibility index (Phi) is 6.15. The van der Waals surface area contributed by atoms with E-state index in [1.165, 1.54) is 16.2 Å². The average molecular weight is 339 g/mol. The van der Waals surface area contributed by atoms with Crippen LogP contribution in [0.5, 0.6) is 0 Å². The minimum Gasteiger partial charge on any atom is -0.373 e. The summed E-state index contributed by atoms with van der Waals surface area (Å²) in [5, 5.41) is 0. The number of nitrogens with one attached hydrogen (secondary N) is 2. The quantitative estimate of drug-likeness (QED) is 0.816. The van der Waals surface area contributed by atoms with Gasteiger partial charge in [0.05, 0.1) is 23.6 Å². The first-order valence-corrected chi connectivity index (χ1v) is 8.77. The minimum atomic E-state index is -0.269. The van der Waals surface area contributed by atoms with Crippen LogP contribution in [0.15, 0.2) is 6.07 Å². The second-order valence-corrected chi connectivity index (χ2v) is 7.16. The van der Waals surface area contributed by atoms with E-state index in [0.717, 1.165) is 25.1 Å². The summed E-state index contributed by atoms with van der Waals surface area (Å²) in [5.74, 6) is -0.487. The van der Waals surface area contributed by atoms with Crippen LogP contribution in [0.2, 0.25) is 0 Å². The van der Waals surface area contributed by atoms with Gasteiger partial charge in [0, 0.05) is 18.0 Å². The number of morpholine rings is 1. The molecule has 2 rings (SSSR count). The van der Waals surface area contributed by atoms with E-state index in [0.29, 0.717) is 4.88 Å². The molecule has 2 atom stereocenters. The maximum atomic E-state index is 12.1. The van der Waals surface area contributed by atoms with Gasteiger partial charge < -0.3 is 4.74 Å². The molecule has 1 aromatic heterocycles. The van der Waals surface area contributed by atoms with E-state index >= 15 is 0 Å². The summed E-state index contributed by atoms with van der Waals surface area (Å²) in [7, 11) is 0. The molecule has 0 radical (unpaired) electrons. The predicted octanol–water partition coefficient (Wildman–Crippen LogP) is 1.49. The summed E-state index contributed by atoms with van der Waals surface area (Å²) in [6.45, 7) is 9.73. The van der Waals surface area contributed by atoms with Gasteiger partial charge in [-0.3, -0.25) is 25.3 Å². The van der Waals surface area contributed by atoms with Crippen LogP contribution in [0.25, 0.3) is 0 Å². The second-order valence-electron chi connectivity index (χ2n) is 6.02. The first-order chi connectivity index (χ1) is 10.9. The molecule has 7 heteroatoms. The molecule has 23 heavy (non-hydrogen) atoms. The van der Waals surface area contributed by atoms with Crippen molar-refractivity contribution in [1.82, 2.24) is 15.8 Å². The monoisotopic (exact) mass is 339 g/mol. The van der Waals surface area contributed by atoms with Crippen molar-refractivity contribution in [3.8, 4) is 0 Å². The molecule has 1 saturated heterocycles. The van der Waals surface area contributed by atoms with Crippen LogP contribution in [0.3, 0.4) is 0 Å².